The molecule has 3 rings (SSSR count). The molecule has 23 heavy (non-hydrogen) atoms. The first-order valence-electron chi connectivity index (χ1n) is 9.16. The van der Waals surface area contributed by atoms with E-state index in [4.69, 9.17) is 10.8 Å². The SMILES string of the molecule is CCCC(C)Cc1nc(N)c2ncc(CC3CCCCC3)n2n1. The van der Waals surface area contributed by atoms with Gasteiger partial charge in [-0.25, -0.2) is 14.5 Å². The number of rotatable bonds is 6. The van der Waals surface area contributed by atoms with E-state index in [0.29, 0.717) is 17.4 Å². The van der Waals surface area contributed by atoms with Crippen molar-refractivity contribution in [3.05, 3.63) is 17.7 Å². The van der Waals surface area contributed by atoms with Crippen LogP contribution in [0.2, 0.25) is 0 Å². The Balaban J connectivity index is 1.83. The number of nitrogens with two attached hydrogens (primary N) is 1. The average molecular weight is 315 g/mol. The van der Waals surface area contributed by atoms with Crippen LogP contribution in [0.5, 0.6) is 0 Å². The lowest BCUT2D eigenvalue weighted by molar-refractivity contribution is 0.352. The van der Waals surface area contributed by atoms with Crippen LogP contribution in [0.1, 0.15) is 70.3 Å². The second kappa shape index (κ2) is 7.28. The van der Waals surface area contributed by atoms with E-state index >= 15 is 0 Å². The molecular weight excluding hydrogens is 286 g/mol. The van der Waals surface area contributed by atoms with Gasteiger partial charge in [-0.2, -0.15) is 5.10 Å². The number of imidazole rings is 1. The molecule has 0 radical (unpaired) electrons. The Hall–Kier alpha value is -1.65. The molecule has 126 valence electrons. The van der Waals surface area contributed by atoms with Gasteiger partial charge in [0.1, 0.15) is 0 Å². The number of nitrogen functional groups attached to an aromatic ring is 1. The summed E-state index contributed by atoms with van der Waals surface area (Å²) in [6, 6.07) is 0. The summed E-state index contributed by atoms with van der Waals surface area (Å²) in [6.45, 7) is 4.47. The van der Waals surface area contributed by atoms with Crippen LogP contribution in [-0.2, 0) is 12.8 Å². The molecule has 0 spiro atoms. The van der Waals surface area contributed by atoms with Gasteiger partial charge in [0.2, 0.25) is 0 Å². The van der Waals surface area contributed by atoms with Crippen LogP contribution >= 0.6 is 0 Å². The fraction of sp³-hybridized carbons (Fsp3) is 0.722. The van der Waals surface area contributed by atoms with E-state index in [-0.39, 0.29) is 0 Å². The number of hydrogen-bond acceptors (Lipinski definition) is 4. The predicted octanol–water partition coefficient (Wildman–Crippen LogP) is 3.81. The smallest absolute Gasteiger partial charge is 0.196 e. The van der Waals surface area contributed by atoms with Gasteiger partial charge in [0, 0.05) is 6.42 Å². The Kier molecular flexibility index (Phi) is 5.13. The molecule has 1 aliphatic carbocycles. The topological polar surface area (TPSA) is 69.1 Å². The van der Waals surface area contributed by atoms with E-state index < -0.39 is 0 Å². The van der Waals surface area contributed by atoms with Gasteiger partial charge in [0.05, 0.1) is 11.9 Å². The largest absolute Gasteiger partial charge is 0.380 e. The molecule has 0 amide bonds. The van der Waals surface area contributed by atoms with Gasteiger partial charge < -0.3 is 5.73 Å². The minimum atomic E-state index is 0.508. The van der Waals surface area contributed by atoms with Crippen molar-refractivity contribution in [3.63, 3.8) is 0 Å². The minimum Gasteiger partial charge on any atom is -0.380 e. The van der Waals surface area contributed by atoms with Crippen molar-refractivity contribution < 1.29 is 0 Å². The molecule has 0 bridgehead atoms. The van der Waals surface area contributed by atoms with E-state index in [1.807, 2.05) is 10.7 Å². The first-order valence-corrected chi connectivity index (χ1v) is 9.16. The molecule has 5 heteroatoms. The van der Waals surface area contributed by atoms with Crippen LogP contribution in [0.3, 0.4) is 0 Å². The summed E-state index contributed by atoms with van der Waals surface area (Å²) in [4.78, 5) is 8.92. The lowest BCUT2D eigenvalue weighted by Gasteiger charge is -2.20. The van der Waals surface area contributed by atoms with Crippen molar-refractivity contribution in [3.8, 4) is 0 Å². The van der Waals surface area contributed by atoms with Gasteiger partial charge in [-0.3, -0.25) is 0 Å². The molecule has 0 saturated heterocycles. The highest BCUT2D eigenvalue weighted by Gasteiger charge is 2.18. The van der Waals surface area contributed by atoms with Gasteiger partial charge in [-0.05, 0) is 18.3 Å². The number of fused-ring (bicyclic) bond motifs is 1. The molecule has 1 saturated carbocycles. The molecule has 1 unspecified atom stereocenters. The minimum absolute atomic E-state index is 0.508. The molecule has 5 nitrogen and oxygen atoms in total. The van der Waals surface area contributed by atoms with Crippen LogP contribution in [0.4, 0.5) is 5.82 Å². The van der Waals surface area contributed by atoms with E-state index in [9.17, 15) is 0 Å². The third-order valence-corrected chi connectivity index (χ3v) is 5.04. The molecule has 1 aliphatic rings. The summed E-state index contributed by atoms with van der Waals surface area (Å²) >= 11 is 0. The number of anilines is 1. The Morgan fingerprint density at radius 3 is 2.83 bits per heavy atom. The van der Waals surface area contributed by atoms with Crippen LogP contribution in [0.25, 0.3) is 5.65 Å². The predicted molar refractivity (Wildman–Crippen MR) is 93.2 cm³/mol. The average Bonchev–Trinajstić information content (AvgIpc) is 2.92. The lowest BCUT2D eigenvalue weighted by atomic mass is 9.86. The Morgan fingerprint density at radius 1 is 1.30 bits per heavy atom. The fourth-order valence-electron chi connectivity index (χ4n) is 3.81. The number of hydrogen-bond donors (Lipinski definition) is 1. The summed E-state index contributed by atoms with van der Waals surface area (Å²) in [5.74, 6) is 2.71. The zero-order chi connectivity index (χ0) is 16.2. The second-order valence-electron chi connectivity index (χ2n) is 7.20. The standard InChI is InChI=1S/C18H29N5/c1-3-7-13(2)10-16-21-17(19)18-20-12-15(23(18)22-16)11-14-8-5-4-6-9-14/h12-14H,3-11H2,1-2H3,(H2,19,21,22). The van der Waals surface area contributed by atoms with Crippen molar-refractivity contribution in [2.24, 2.45) is 11.8 Å². The Morgan fingerprint density at radius 2 is 2.09 bits per heavy atom. The maximum atomic E-state index is 6.12. The van der Waals surface area contributed by atoms with E-state index in [2.05, 4.69) is 23.8 Å². The third-order valence-electron chi connectivity index (χ3n) is 5.04. The summed E-state index contributed by atoms with van der Waals surface area (Å²) in [5.41, 5.74) is 8.02. The van der Waals surface area contributed by atoms with Gasteiger partial charge in [0.25, 0.3) is 0 Å². The van der Waals surface area contributed by atoms with E-state index in [1.54, 1.807) is 0 Å². The summed E-state index contributed by atoms with van der Waals surface area (Å²) in [5, 5.41) is 4.75. The maximum Gasteiger partial charge on any atom is 0.196 e. The van der Waals surface area contributed by atoms with Crippen molar-refractivity contribution in [2.45, 2.75) is 71.6 Å². The molecule has 1 fully saturated rings. The molecule has 2 aromatic rings. The molecule has 0 aromatic carbocycles. The summed E-state index contributed by atoms with van der Waals surface area (Å²) < 4.78 is 1.95. The van der Waals surface area contributed by atoms with Crippen molar-refractivity contribution in [1.29, 1.82) is 0 Å². The van der Waals surface area contributed by atoms with Crippen molar-refractivity contribution in [2.75, 3.05) is 5.73 Å². The lowest BCUT2D eigenvalue weighted by Crippen LogP contribution is -2.14. The van der Waals surface area contributed by atoms with Crippen LogP contribution < -0.4 is 5.73 Å². The molecular formula is C18H29N5. The first kappa shape index (κ1) is 16.2. The van der Waals surface area contributed by atoms with Crippen molar-refractivity contribution in [1.82, 2.24) is 19.6 Å². The highest BCUT2D eigenvalue weighted by Crippen LogP contribution is 2.27. The Labute approximate surface area is 138 Å². The van der Waals surface area contributed by atoms with Gasteiger partial charge in [-0.15, -0.1) is 0 Å². The quantitative estimate of drug-likeness (QED) is 0.880. The van der Waals surface area contributed by atoms with Crippen molar-refractivity contribution >= 4 is 11.5 Å². The molecule has 0 aliphatic heterocycles. The first-order chi connectivity index (χ1) is 11.2. The summed E-state index contributed by atoms with van der Waals surface area (Å²) in [6.07, 6.45) is 13.0. The number of nitrogens with zero attached hydrogens (tertiary/aromatic N) is 4. The highest BCUT2D eigenvalue weighted by molar-refractivity contribution is 5.59. The summed E-state index contributed by atoms with van der Waals surface area (Å²) in [7, 11) is 0. The second-order valence-corrected chi connectivity index (χ2v) is 7.20. The Bertz CT molecular complexity index is 642. The third kappa shape index (κ3) is 3.82. The van der Waals surface area contributed by atoms with Crippen LogP contribution in [-0.4, -0.2) is 19.6 Å². The maximum absolute atomic E-state index is 6.12. The van der Waals surface area contributed by atoms with Crippen LogP contribution in [0, 0.1) is 11.8 Å². The fourth-order valence-corrected chi connectivity index (χ4v) is 3.81. The zero-order valence-electron chi connectivity index (χ0n) is 14.5. The van der Waals surface area contributed by atoms with E-state index in [0.717, 1.165) is 24.6 Å². The molecule has 2 N–H and O–H groups in total. The van der Waals surface area contributed by atoms with Crippen LogP contribution in [0.15, 0.2) is 6.20 Å². The molecule has 1 atom stereocenters. The molecule has 2 aromatic heterocycles. The molecule has 2 heterocycles. The monoisotopic (exact) mass is 315 g/mol. The number of aromatic nitrogens is 4. The van der Waals surface area contributed by atoms with Gasteiger partial charge in [0.15, 0.2) is 17.3 Å². The normalized spacial score (nSPS) is 17.7. The zero-order valence-corrected chi connectivity index (χ0v) is 14.5. The van der Waals surface area contributed by atoms with Gasteiger partial charge >= 0.3 is 0 Å². The highest BCUT2D eigenvalue weighted by atomic mass is 15.3. The van der Waals surface area contributed by atoms with Gasteiger partial charge in [-0.1, -0.05) is 58.8 Å². The van der Waals surface area contributed by atoms with E-state index in [1.165, 1.54) is 50.6 Å².